The van der Waals surface area contributed by atoms with Crippen molar-refractivity contribution < 1.29 is 15.0 Å². The van der Waals surface area contributed by atoms with Crippen LogP contribution in [0.4, 0.5) is 5.13 Å². The molecular formula is C23H28N2O3S. The summed E-state index contributed by atoms with van der Waals surface area (Å²) in [5.41, 5.74) is 2.18. The summed E-state index contributed by atoms with van der Waals surface area (Å²) in [6.45, 7) is 6.35. The topological polar surface area (TPSA) is 82.5 Å². The summed E-state index contributed by atoms with van der Waals surface area (Å²) in [7, 11) is 0. The van der Waals surface area contributed by atoms with E-state index in [1.54, 1.807) is 6.07 Å². The van der Waals surface area contributed by atoms with Crippen LogP contribution < -0.4 is 5.32 Å². The highest BCUT2D eigenvalue weighted by Gasteiger charge is 2.36. The van der Waals surface area contributed by atoms with Gasteiger partial charge in [0.1, 0.15) is 0 Å². The average Bonchev–Trinajstić information content (AvgIpc) is 3.35. The molecule has 2 aliphatic rings. The maximum atomic E-state index is 11.6. The van der Waals surface area contributed by atoms with E-state index >= 15 is 0 Å². The fourth-order valence-electron chi connectivity index (χ4n) is 4.40. The van der Waals surface area contributed by atoms with Crippen molar-refractivity contribution >= 4 is 22.4 Å². The number of carboxylic acid groups (broad SMARTS) is 1. The number of aromatic carboxylic acids is 1. The number of aryl methyl sites for hydroxylation is 2. The molecular weight excluding hydrogens is 384 g/mol. The molecule has 5 nitrogen and oxygen atoms in total. The number of aromatic nitrogens is 1. The molecule has 2 aromatic rings. The van der Waals surface area contributed by atoms with E-state index in [4.69, 9.17) is 0 Å². The number of thiazole rings is 1. The Morgan fingerprint density at radius 2 is 2.03 bits per heavy atom. The lowest BCUT2D eigenvalue weighted by molar-refractivity contribution is 0.0695. The van der Waals surface area contributed by atoms with E-state index in [2.05, 4.69) is 43.2 Å². The van der Waals surface area contributed by atoms with E-state index in [0.717, 1.165) is 27.6 Å². The first-order chi connectivity index (χ1) is 13.7. The molecule has 3 N–H and O–H groups in total. The van der Waals surface area contributed by atoms with Crippen molar-refractivity contribution in [1.82, 2.24) is 4.98 Å². The minimum atomic E-state index is -0.916. The van der Waals surface area contributed by atoms with Crippen LogP contribution in [0.5, 0.6) is 5.88 Å². The summed E-state index contributed by atoms with van der Waals surface area (Å²) in [5, 5.41) is 24.1. The molecule has 0 spiro atoms. The van der Waals surface area contributed by atoms with Crippen LogP contribution in [-0.4, -0.2) is 27.2 Å². The lowest BCUT2D eigenvalue weighted by atomic mass is 9.84. The van der Waals surface area contributed by atoms with Crippen LogP contribution in [-0.2, 0) is 18.3 Å². The largest absolute Gasteiger partial charge is 0.492 e. The lowest BCUT2D eigenvalue weighted by Gasteiger charge is -2.20. The Bertz CT molecular complexity index is 958. The van der Waals surface area contributed by atoms with Crippen LogP contribution in [0.1, 0.15) is 60.0 Å². The Balaban J connectivity index is 1.48. The van der Waals surface area contributed by atoms with Gasteiger partial charge in [-0.2, -0.15) is 4.98 Å². The maximum absolute atomic E-state index is 11.6. The van der Waals surface area contributed by atoms with Gasteiger partial charge in [0.25, 0.3) is 0 Å². The molecule has 4 rings (SSSR count). The second kappa shape index (κ2) is 7.48. The number of rotatable bonds is 6. The maximum Gasteiger partial charge on any atom is 0.335 e. The van der Waals surface area contributed by atoms with Crippen molar-refractivity contribution in [3.8, 4) is 5.88 Å². The lowest BCUT2D eigenvalue weighted by Crippen LogP contribution is -2.23. The molecule has 0 radical (unpaired) electrons. The minimum absolute atomic E-state index is 0.0510. The number of benzene rings is 1. The Morgan fingerprint density at radius 3 is 2.66 bits per heavy atom. The number of nitrogens with zero attached hydrogens (tertiary/aromatic N) is 1. The molecule has 154 valence electrons. The molecule has 3 atom stereocenters. The van der Waals surface area contributed by atoms with Crippen molar-refractivity contribution in [3.63, 3.8) is 0 Å². The van der Waals surface area contributed by atoms with Crippen molar-refractivity contribution in [2.45, 2.75) is 57.9 Å². The Labute approximate surface area is 175 Å². The Hall–Kier alpha value is -2.34. The first kappa shape index (κ1) is 20.0. The molecule has 1 saturated carbocycles. The highest BCUT2D eigenvalue weighted by molar-refractivity contribution is 7.15. The summed E-state index contributed by atoms with van der Waals surface area (Å²) in [6, 6.07) is 5.97. The van der Waals surface area contributed by atoms with E-state index in [1.807, 2.05) is 12.1 Å². The van der Waals surface area contributed by atoms with E-state index in [9.17, 15) is 15.0 Å². The first-order valence-corrected chi connectivity index (χ1v) is 11.0. The van der Waals surface area contributed by atoms with Gasteiger partial charge in [0.2, 0.25) is 5.88 Å². The van der Waals surface area contributed by atoms with Crippen LogP contribution in [0, 0.1) is 11.8 Å². The predicted octanol–water partition coefficient (Wildman–Crippen LogP) is 5.01. The second-order valence-corrected chi connectivity index (χ2v) is 10.3. The Morgan fingerprint density at radius 1 is 1.24 bits per heavy atom. The SMILES string of the molecule is CC(C)(C)c1ccc(C(=O)O)c(CCc2sc(NC3CC4C=CC3C4)nc2O)c1. The molecule has 3 unspecified atom stereocenters. The highest BCUT2D eigenvalue weighted by Crippen LogP contribution is 2.41. The van der Waals surface area contributed by atoms with Gasteiger partial charge in [-0.1, -0.05) is 56.4 Å². The third-order valence-corrected chi connectivity index (χ3v) is 7.12. The number of fused-ring (bicyclic) bond motifs is 2. The molecule has 1 fully saturated rings. The summed E-state index contributed by atoms with van der Waals surface area (Å²) in [6.07, 6.45) is 8.05. The van der Waals surface area contributed by atoms with Gasteiger partial charge in [0, 0.05) is 6.04 Å². The van der Waals surface area contributed by atoms with Crippen molar-refractivity contribution in [2.75, 3.05) is 5.32 Å². The third kappa shape index (κ3) is 4.17. The number of hydrogen-bond donors (Lipinski definition) is 3. The molecule has 1 aromatic carbocycles. The van der Waals surface area contributed by atoms with Gasteiger partial charge in [-0.25, -0.2) is 4.79 Å². The summed E-state index contributed by atoms with van der Waals surface area (Å²) < 4.78 is 0. The fourth-order valence-corrected chi connectivity index (χ4v) is 5.31. The molecule has 0 aliphatic heterocycles. The van der Waals surface area contributed by atoms with E-state index in [-0.39, 0.29) is 11.3 Å². The van der Waals surface area contributed by atoms with Gasteiger partial charge >= 0.3 is 5.97 Å². The van der Waals surface area contributed by atoms with Crippen molar-refractivity contribution in [3.05, 3.63) is 51.9 Å². The van der Waals surface area contributed by atoms with Crippen LogP contribution in [0.15, 0.2) is 30.4 Å². The molecule has 1 heterocycles. The molecule has 2 aliphatic carbocycles. The van der Waals surface area contributed by atoms with Crippen LogP contribution in [0.25, 0.3) is 0 Å². The second-order valence-electron chi connectivity index (χ2n) is 9.22. The van der Waals surface area contributed by atoms with Gasteiger partial charge in [0.05, 0.1) is 10.4 Å². The van der Waals surface area contributed by atoms with Crippen LogP contribution >= 0.6 is 11.3 Å². The van der Waals surface area contributed by atoms with Crippen LogP contribution in [0.3, 0.4) is 0 Å². The summed E-state index contributed by atoms with van der Waals surface area (Å²) in [4.78, 5) is 16.7. The quantitative estimate of drug-likeness (QED) is 0.581. The minimum Gasteiger partial charge on any atom is -0.492 e. The van der Waals surface area contributed by atoms with Crippen molar-refractivity contribution in [1.29, 1.82) is 0 Å². The zero-order chi connectivity index (χ0) is 20.8. The van der Waals surface area contributed by atoms with Crippen LogP contribution in [0.2, 0.25) is 0 Å². The van der Waals surface area contributed by atoms with E-state index in [0.29, 0.717) is 36.3 Å². The van der Waals surface area contributed by atoms with Crippen molar-refractivity contribution in [2.24, 2.45) is 11.8 Å². The van der Waals surface area contributed by atoms with Gasteiger partial charge in [-0.15, -0.1) is 0 Å². The van der Waals surface area contributed by atoms with Gasteiger partial charge < -0.3 is 15.5 Å². The number of aromatic hydroxyl groups is 1. The monoisotopic (exact) mass is 412 g/mol. The number of hydrogen-bond acceptors (Lipinski definition) is 5. The molecule has 29 heavy (non-hydrogen) atoms. The average molecular weight is 413 g/mol. The van der Waals surface area contributed by atoms with E-state index < -0.39 is 5.97 Å². The predicted molar refractivity (Wildman–Crippen MR) is 116 cm³/mol. The zero-order valence-electron chi connectivity index (χ0n) is 17.1. The summed E-state index contributed by atoms with van der Waals surface area (Å²) in [5.74, 6) is 0.378. The smallest absolute Gasteiger partial charge is 0.335 e. The molecule has 0 amide bonds. The normalized spacial score (nSPS) is 22.9. The van der Waals surface area contributed by atoms with Gasteiger partial charge in [-0.3, -0.25) is 0 Å². The first-order valence-electron chi connectivity index (χ1n) is 10.2. The zero-order valence-corrected chi connectivity index (χ0v) is 17.9. The fraction of sp³-hybridized carbons (Fsp3) is 0.478. The molecule has 1 aromatic heterocycles. The van der Waals surface area contributed by atoms with Gasteiger partial charge in [-0.05, 0) is 60.1 Å². The number of nitrogens with one attached hydrogen (secondary N) is 1. The molecule has 0 saturated heterocycles. The molecule has 2 bridgehead atoms. The Kier molecular flexibility index (Phi) is 5.15. The summed E-state index contributed by atoms with van der Waals surface area (Å²) >= 11 is 1.47. The number of carboxylic acids is 1. The van der Waals surface area contributed by atoms with E-state index in [1.165, 1.54) is 17.8 Å². The molecule has 6 heteroatoms. The standard InChI is InChI=1S/C23H28N2O3S/c1-23(2,3)16-7-8-17(21(27)28)14(12-16)6-9-19-20(26)25-22(29-19)24-18-11-13-4-5-15(18)10-13/h4-5,7-8,12-13,15,18,26H,6,9-11H2,1-3H3,(H,24,25)(H,27,28). The third-order valence-electron chi connectivity index (χ3n) is 6.09. The highest BCUT2D eigenvalue weighted by atomic mass is 32.1. The van der Waals surface area contributed by atoms with Gasteiger partial charge in [0.15, 0.2) is 5.13 Å². The number of anilines is 1. The number of carbonyl (C=O) groups is 1. The number of allylic oxidation sites excluding steroid dienone is 1.